The number of aryl methyl sites for hydroxylation is 1. The van der Waals surface area contributed by atoms with E-state index in [1.807, 2.05) is 4.68 Å². The SMILES string of the molecule is CCCn1ncc(Cl)c1C(CCC1CCCCC1)NN. The van der Waals surface area contributed by atoms with E-state index in [-0.39, 0.29) is 6.04 Å². The van der Waals surface area contributed by atoms with E-state index in [1.165, 1.54) is 38.5 Å². The molecule has 5 heteroatoms. The Balaban J connectivity index is 1.98. The van der Waals surface area contributed by atoms with Gasteiger partial charge in [-0.05, 0) is 25.2 Å². The van der Waals surface area contributed by atoms with E-state index >= 15 is 0 Å². The standard InChI is InChI=1S/C15H27ClN4/c1-2-10-20-15(13(16)11-18-20)14(19-17)9-8-12-6-4-3-5-7-12/h11-12,14,19H,2-10,17H2,1H3. The molecular formula is C15H27ClN4. The van der Waals surface area contributed by atoms with Gasteiger partial charge in [0.15, 0.2) is 0 Å². The van der Waals surface area contributed by atoms with Gasteiger partial charge in [-0.15, -0.1) is 0 Å². The van der Waals surface area contributed by atoms with Gasteiger partial charge < -0.3 is 0 Å². The minimum Gasteiger partial charge on any atom is -0.271 e. The third-order valence-corrected chi connectivity index (χ3v) is 4.68. The van der Waals surface area contributed by atoms with Crippen LogP contribution in [0.15, 0.2) is 6.20 Å². The van der Waals surface area contributed by atoms with Gasteiger partial charge in [0.05, 0.1) is 23.0 Å². The summed E-state index contributed by atoms with van der Waals surface area (Å²) in [4.78, 5) is 0. The van der Waals surface area contributed by atoms with Crippen LogP contribution in [0.25, 0.3) is 0 Å². The number of aromatic nitrogens is 2. The maximum absolute atomic E-state index is 6.30. The van der Waals surface area contributed by atoms with Crippen LogP contribution < -0.4 is 11.3 Å². The van der Waals surface area contributed by atoms with Crippen molar-refractivity contribution in [3.63, 3.8) is 0 Å². The molecule has 20 heavy (non-hydrogen) atoms. The predicted molar refractivity (Wildman–Crippen MR) is 83.4 cm³/mol. The lowest BCUT2D eigenvalue weighted by molar-refractivity contribution is 0.310. The van der Waals surface area contributed by atoms with Crippen LogP contribution in [0.2, 0.25) is 5.02 Å². The van der Waals surface area contributed by atoms with Crippen LogP contribution in [0.1, 0.15) is 70.0 Å². The molecule has 1 aliphatic rings. The lowest BCUT2D eigenvalue weighted by Gasteiger charge is -2.24. The van der Waals surface area contributed by atoms with Gasteiger partial charge in [0.2, 0.25) is 0 Å². The molecule has 2 rings (SSSR count). The van der Waals surface area contributed by atoms with Crippen LogP contribution in [-0.4, -0.2) is 9.78 Å². The summed E-state index contributed by atoms with van der Waals surface area (Å²) in [5.41, 5.74) is 3.99. The first-order valence-electron chi connectivity index (χ1n) is 7.93. The third kappa shape index (κ3) is 3.96. The molecule has 0 radical (unpaired) electrons. The second-order valence-corrected chi connectivity index (χ2v) is 6.31. The fourth-order valence-corrected chi connectivity index (χ4v) is 3.56. The summed E-state index contributed by atoms with van der Waals surface area (Å²) >= 11 is 6.30. The second-order valence-electron chi connectivity index (χ2n) is 5.90. The molecule has 1 atom stereocenters. The van der Waals surface area contributed by atoms with E-state index in [9.17, 15) is 0 Å². The highest BCUT2D eigenvalue weighted by Crippen LogP contribution is 2.32. The van der Waals surface area contributed by atoms with Crippen LogP contribution in [0.5, 0.6) is 0 Å². The number of hydrogen-bond donors (Lipinski definition) is 2. The van der Waals surface area contributed by atoms with Gasteiger partial charge in [0.25, 0.3) is 0 Å². The summed E-state index contributed by atoms with van der Waals surface area (Å²) in [5, 5.41) is 5.09. The average Bonchev–Trinajstić information content (AvgIpc) is 2.83. The summed E-state index contributed by atoms with van der Waals surface area (Å²) in [6.45, 7) is 3.04. The van der Waals surface area contributed by atoms with Crippen molar-refractivity contribution in [1.29, 1.82) is 0 Å². The Morgan fingerprint density at radius 3 is 2.85 bits per heavy atom. The van der Waals surface area contributed by atoms with Gasteiger partial charge in [0.1, 0.15) is 0 Å². The zero-order valence-corrected chi connectivity index (χ0v) is 13.2. The molecule has 1 unspecified atom stereocenters. The zero-order chi connectivity index (χ0) is 14.4. The summed E-state index contributed by atoms with van der Waals surface area (Å²) in [6, 6.07) is 0.110. The molecule has 1 aromatic rings. The molecule has 0 aromatic carbocycles. The molecule has 0 spiro atoms. The van der Waals surface area contributed by atoms with Crippen molar-refractivity contribution >= 4 is 11.6 Å². The van der Waals surface area contributed by atoms with E-state index in [4.69, 9.17) is 17.4 Å². The smallest absolute Gasteiger partial charge is 0.0834 e. The van der Waals surface area contributed by atoms with Crippen LogP contribution >= 0.6 is 11.6 Å². The molecule has 0 bridgehead atoms. The molecule has 1 aromatic heterocycles. The highest BCUT2D eigenvalue weighted by atomic mass is 35.5. The number of nitrogens with zero attached hydrogens (tertiary/aromatic N) is 2. The first-order chi connectivity index (χ1) is 9.76. The van der Waals surface area contributed by atoms with Crippen molar-refractivity contribution in [3.05, 3.63) is 16.9 Å². The highest BCUT2D eigenvalue weighted by molar-refractivity contribution is 6.31. The number of rotatable bonds is 7. The molecule has 3 N–H and O–H groups in total. The molecule has 0 amide bonds. The fraction of sp³-hybridized carbons (Fsp3) is 0.800. The maximum Gasteiger partial charge on any atom is 0.0834 e. The van der Waals surface area contributed by atoms with Crippen LogP contribution in [0.4, 0.5) is 0 Å². The first-order valence-corrected chi connectivity index (χ1v) is 8.31. The maximum atomic E-state index is 6.30. The van der Waals surface area contributed by atoms with E-state index in [0.29, 0.717) is 0 Å². The van der Waals surface area contributed by atoms with E-state index in [2.05, 4.69) is 17.4 Å². The Bertz CT molecular complexity index is 399. The third-order valence-electron chi connectivity index (χ3n) is 4.39. The number of nitrogens with two attached hydrogens (primary N) is 1. The first kappa shape index (κ1) is 15.8. The largest absolute Gasteiger partial charge is 0.271 e. The number of nitrogens with one attached hydrogen (secondary N) is 1. The van der Waals surface area contributed by atoms with Gasteiger partial charge in [-0.2, -0.15) is 5.10 Å². The average molecular weight is 299 g/mol. The highest BCUT2D eigenvalue weighted by Gasteiger charge is 2.21. The topological polar surface area (TPSA) is 55.9 Å². The minimum atomic E-state index is 0.110. The molecule has 114 valence electrons. The van der Waals surface area contributed by atoms with Crippen LogP contribution in [-0.2, 0) is 6.54 Å². The van der Waals surface area contributed by atoms with Crippen molar-refractivity contribution in [2.24, 2.45) is 11.8 Å². The lowest BCUT2D eigenvalue weighted by atomic mass is 9.85. The summed E-state index contributed by atoms with van der Waals surface area (Å²) in [5.74, 6) is 6.63. The second kappa shape index (κ2) is 8.01. The molecule has 0 saturated heterocycles. The Morgan fingerprint density at radius 1 is 1.45 bits per heavy atom. The molecule has 1 fully saturated rings. The van der Waals surface area contributed by atoms with Gasteiger partial charge in [0, 0.05) is 6.54 Å². The fourth-order valence-electron chi connectivity index (χ4n) is 3.29. The molecule has 4 nitrogen and oxygen atoms in total. The van der Waals surface area contributed by atoms with E-state index in [1.54, 1.807) is 6.20 Å². The van der Waals surface area contributed by atoms with Gasteiger partial charge in [-0.25, -0.2) is 0 Å². The number of halogens is 1. The van der Waals surface area contributed by atoms with Crippen molar-refractivity contribution in [2.75, 3.05) is 0 Å². The summed E-state index contributed by atoms with van der Waals surface area (Å²) in [7, 11) is 0. The molecular weight excluding hydrogens is 272 g/mol. The summed E-state index contributed by atoms with van der Waals surface area (Å²) < 4.78 is 1.99. The predicted octanol–water partition coefficient (Wildman–Crippen LogP) is 3.81. The Morgan fingerprint density at radius 2 is 2.20 bits per heavy atom. The van der Waals surface area contributed by atoms with E-state index < -0.39 is 0 Å². The normalized spacial score (nSPS) is 18.4. The quantitative estimate of drug-likeness (QED) is 0.594. The number of hydrogen-bond acceptors (Lipinski definition) is 3. The number of hydrazine groups is 1. The van der Waals surface area contributed by atoms with Crippen molar-refractivity contribution < 1.29 is 0 Å². The molecule has 0 aliphatic heterocycles. The van der Waals surface area contributed by atoms with Crippen LogP contribution in [0.3, 0.4) is 0 Å². The Labute approximate surface area is 127 Å². The monoisotopic (exact) mass is 298 g/mol. The molecule has 1 saturated carbocycles. The van der Waals surface area contributed by atoms with Gasteiger partial charge >= 0.3 is 0 Å². The van der Waals surface area contributed by atoms with Crippen molar-refractivity contribution in [1.82, 2.24) is 15.2 Å². The van der Waals surface area contributed by atoms with Crippen molar-refractivity contribution in [3.8, 4) is 0 Å². The molecule has 1 heterocycles. The minimum absolute atomic E-state index is 0.110. The van der Waals surface area contributed by atoms with Gasteiger partial charge in [-0.3, -0.25) is 16.0 Å². The summed E-state index contributed by atoms with van der Waals surface area (Å²) in [6.07, 6.45) is 12.0. The Kier molecular flexibility index (Phi) is 6.33. The van der Waals surface area contributed by atoms with Crippen LogP contribution in [0, 0.1) is 5.92 Å². The lowest BCUT2D eigenvalue weighted by Crippen LogP contribution is -2.30. The zero-order valence-electron chi connectivity index (χ0n) is 12.4. The van der Waals surface area contributed by atoms with Gasteiger partial charge in [-0.1, -0.05) is 50.6 Å². The molecule has 1 aliphatic carbocycles. The van der Waals surface area contributed by atoms with E-state index in [0.717, 1.165) is 36.0 Å². The Hall–Kier alpha value is -0.580. The van der Waals surface area contributed by atoms with Crippen molar-refractivity contribution in [2.45, 2.75) is 70.9 Å².